The number of hydrogen-bond donors (Lipinski definition) is 1. The Morgan fingerprint density at radius 3 is 2.69 bits per heavy atom. The van der Waals surface area contributed by atoms with Crippen LogP contribution >= 0.6 is 11.6 Å². The van der Waals surface area contributed by atoms with Gasteiger partial charge < -0.3 is 9.84 Å². The lowest BCUT2D eigenvalue weighted by molar-refractivity contribution is 0.0236. The minimum Gasteiger partial charge on any atom is -0.507 e. The maximum absolute atomic E-state index is 11.7. The number of rotatable bonds is 0. The smallest absolute Gasteiger partial charge is 0.342 e. The summed E-state index contributed by atoms with van der Waals surface area (Å²) < 4.78 is 5.16. The van der Waals surface area contributed by atoms with Gasteiger partial charge in [-0.25, -0.2) is 4.79 Å². The molecule has 1 aromatic carbocycles. The Labute approximate surface area is 99.0 Å². The molecular weight excluding hydrogens is 228 g/mol. The summed E-state index contributed by atoms with van der Waals surface area (Å²) in [7, 11) is 0. The molecule has 1 aromatic rings. The van der Waals surface area contributed by atoms with E-state index in [-0.39, 0.29) is 23.3 Å². The summed E-state index contributed by atoms with van der Waals surface area (Å²) in [6, 6.07) is 1.68. The maximum atomic E-state index is 11.7. The Bertz CT molecular complexity index is 468. The lowest BCUT2D eigenvalue weighted by Gasteiger charge is -2.29. The molecule has 0 bridgehead atoms. The van der Waals surface area contributed by atoms with Gasteiger partial charge in [0, 0.05) is 10.9 Å². The highest BCUT2D eigenvalue weighted by Crippen LogP contribution is 2.41. The van der Waals surface area contributed by atoms with Crippen LogP contribution in [-0.4, -0.2) is 17.2 Å². The summed E-state index contributed by atoms with van der Waals surface area (Å²) in [4.78, 5) is 11.7. The monoisotopic (exact) mass is 240 g/mol. The van der Waals surface area contributed by atoms with Crippen LogP contribution in [0.5, 0.6) is 5.75 Å². The van der Waals surface area contributed by atoms with Crippen LogP contribution in [0, 0.1) is 6.92 Å². The number of benzene rings is 1. The van der Waals surface area contributed by atoms with Gasteiger partial charge >= 0.3 is 5.97 Å². The molecule has 2 atom stereocenters. The van der Waals surface area contributed by atoms with E-state index in [1.165, 1.54) is 0 Å². The number of hydrogen-bond acceptors (Lipinski definition) is 3. The molecule has 0 fully saturated rings. The second-order valence-electron chi connectivity index (χ2n) is 4.21. The van der Waals surface area contributed by atoms with Crippen molar-refractivity contribution >= 4 is 17.6 Å². The van der Waals surface area contributed by atoms with E-state index >= 15 is 0 Å². The number of cyclic esters (lactones) is 1. The molecule has 1 heterocycles. The van der Waals surface area contributed by atoms with Gasteiger partial charge in [-0.1, -0.05) is 18.5 Å². The van der Waals surface area contributed by atoms with Crippen molar-refractivity contribution < 1.29 is 14.6 Å². The second-order valence-corrected chi connectivity index (χ2v) is 4.62. The molecule has 1 N–H and O–H groups in total. The van der Waals surface area contributed by atoms with Gasteiger partial charge in [0.25, 0.3) is 0 Å². The molecule has 0 spiro atoms. The fraction of sp³-hybridized carbons (Fsp3) is 0.417. The van der Waals surface area contributed by atoms with Gasteiger partial charge in [0.15, 0.2) is 0 Å². The average molecular weight is 241 g/mol. The lowest BCUT2D eigenvalue weighted by Crippen LogP contribution is -2.29. The molecule has 0 aliphatic carbocycles. The van der Waals surface area contributed by atoms with Crippen LogP contribution in [0.1, 0.15) is 41.3 Å². The third kappa shape index (κ3) is 1.47. The fourth-order valence-corrected chi connectivity index (χ4v) is 2.43. The van der Waals surface area contributed by atoms with Crippen molar-refractivity contribution in [2.24, 2.45) is 0 Å². The van der Waals surface area contributed by atoms with Gasteiger partial charge in [-0.3, -0.25) is 0 Å². The molecule has 0 amide bonds. The first-order chi connectivity index (χ1) is 7.43. The van der Waals surface area contributed by atoms with Crippen molar-refractivity contribution in [1.29, 1.82) is 0 Å². The predicted molar refractivity (Wildman–Crippen MR) is 61.1 cm³/mol. The number of ether oxygens (including phenoxy) is 1. The predicted octanol–water partition coefficient (Wildman–Crippen LogP) is 3.02. The molecule has 0 radical (unpaired) electrons. The topological polar surface area (TPSA) is 46.5 Å². The van der Waals surface area contributed by atoms with Crippen molar-refractivity contribution in [3.8, 4) is 5.75 Å². The van der Waals surface area contributed by atoms with Crippen LogP contribution in [0.4, 0.5) is 0 Å². The lowest BCUT2D eigenvalue weighted by atomic mass is 9.87. The van der Waals surface area contributed by atoms with E-state index < -0.39 is 5.97 Å². The normalized spacial score (nSPS) is 23.9. The van der Waals surface area contributed by atoms with Crippen molar-refractivity contribution in [2.45, 2.75) is 32.8 Å². The standard InChI is InChI=1S/C12H13ClO3/c1-5-4-8(13)9-6(2)7(3)16-12(15)10(9)11(5)14/h4,6-7,14H,1-3H3/t6-,7-/m0/s1. The van der Waals surface area contributed by atoms with E-state index in [1.54, 1.807) is 13.0 Å². The largest absolute Gasteiger partial charge is 0.507 e. The van der Waals surface area contributed by atoms with Crippen molar-refractivity contribution in [3.63, 3.8) is 0 Å². The highest BCUT2D eigenvalue weighted by atomic mass is 35.5. The SMILES string of the molecule is Cc1cc(Cl)c2c(c1O)C(=O)O[C@@H](C)[C@@H]2C. The Kier molecular flexibility index (Phi) is 2.58. The van der Waals surface area contributed by atoms with Gasteiger partial charge in [0.2, 0.25) is 0 Å². The van der Waals surface area contributed by atoms with E-state index in [0.717, 1.165) is 0 Å². The van der Waals surface area contributed by atoms with Gasteiger partial charge in [-0.05, 0) is 31.0 Å². The zero-order chi connectivity index (χ0) is 12.0. The summed E-state index contributed by atoms with van der Waals surface area (Å²) in [5, 5.41) is 10.4. The first kappa shape index (κ1) is 11.3. The number of phenols is 1. The Balaban J connectivity index is 2.75. The average Bonchev–Trinajstić information content (AvgIpc) is 2.20. The molecule has 0 aromatic heterocycles. The van der Waals surface area contributed by atoms with Gasteiger partial charge in [0.05, 0.1) is 0 Å². The van der Waals surface area contributed by atoms with E-state index in [1.807, 2.05) is 13.8 Å². The number of aryl methyl sites for hydroxylation is 1. The molecule has 1 aliphatic rings. The number of halogens is 1. The zero-order valence-electron chi connectivity index (χ0n) is 9.37. The number of phenolic OH excluding ortho intramolecular Hbond substituents is 1. The van der Waals surface area contributed by atoms with Crippen molar-refractivity contribution in [3.05, 3.63) is 27.8 Å². The molecule has 2 rings (SSSR count). The third-order valence-corrected chi connectivity index (χ3v) is 3.45. The first-order valence-corrected chi connectivity index (χ1v) is 5.54. The highest BCUT2D eigenvalue weighted by molar-refractivity contribution is 6.32. The van der Waals surface area contributed by atoms with Crippen LogP contribution in [0.3, 0.4) is 0 Å². The summed E-state index contributed by atoms with van der Waals surface area (Å²) in [6.07, 6.45) is -0.223. The Hall–Kier alpha value is -1.22. The van der Waals surface area contributed by atoms with Crippen molar-refractivity contribution in [1.82, 2.24) is 0 Å². The number of aromatic hydroxyl groups is 1. The molecule has 3 nitrogen and oxygen atoms in total. The third-order valence-electron chi connectivity index (χ3n) is 3.14. The summed E-state index contributed by atoms with van der Waals surface area (Å²) >= 11 is 6.13. The van der Waals surface area contributed by atoms with Crippen LogP contribution in [-0.2, 0) is 4.74 Å². The van der Waals surface area contributed by atoms with E-state index in [2.05, 4.69) is 0 Å². The summed E-state index contributed by atoms with van der Waals surface area (Å²) in [5.41, 5.74) is 1.49. The molecule has 0 saturated heterocycles. The minimum absolute atomic E-state index is 0.00769. The highest BCUT2D eigenvalue weighted by Gasteiger charge is 2.34. The number of fused-ring (bicyclic) bond motifs is 1. The van der Waals surface area contributed by atoms with Crippen LogP contribution in [0.25, 0.3) is 0 Å². The van der Waals surface area contributed by atoms with Crippen LogP contribution < -0.4 is 0 Å². The number of carbonyl (C=O) groups is 1. The van der Waals surface area contributed by atoms with Crippen molar-refractivity contribution in [2.75, 3.05) is 0 Å². The molecule has 86 valence electrons. The molecule has 1 aliphatic heterocycles. The molecule has 0 unspecified atom stereocenters. The fourth-order valence-electron chi connectivity index (χ4n) is 2.00. The summed E-state index contributed by atoms with van der Waals surface area (Å²) in [6.45, 7) is 5.45. The van der Waals surface area contributed by atoms with Gasteiger partial charge in [-0.15, -0.1) is 0 Å². The number of esters is 1. The quantitative estimate of drug-likeness (QED) is 0.709. The Morgan fingerprint density at radius 2 is 2.06 bits per heavy atom. The maximum Gasteiger partial charge on any atom is 0.342 e. The number of carbonyl (C=O) groups excluding carboxylic acids is 1. The van der Waals surface area contributed by atoms with E-state index in [4.69, 9.17) is 16.3 Å². The molecule has 16 heavy (non-hydrogen) atoms. The van der Waals surface area contributed by atoms with Gasteiger partial charge in [-0.2, -0.15) is 0 Å². The van der Waals surface area contributed by atoms with Crippen LogP contribution in [0.15, 0.2) is 6.07 Å². The minimum atomic E-state index is -0.497. The van der Waals surface area contributed by atoms with E-state index in [9.17, 15) is 9.90 Å². The molecular formula is C12H13ClO3. The van der Waals surface area contributed by atoms with Crippen LogP contribution in [0.2, 0.25) is 5.02 Å². The molecule has 4 heteroatoms. The Morgan fingerprint density at radius 1 is 1.44 bits per heavy atom. The second kappa shape index (κ2) is 3.67. The first-order valence-electron chi connectivity index (χ1n) is 5.16. The zero-order valence-corrected chi connectivity index (χ0v) is 10.1. The molecule has 0 saturated carbocycles. The van der Waals surface area contributed by atoms with E-state index in [0.29, 0.717) is 16.1 Å². The summed E-state index contributed by atoms with van der Waals surface area (Å²) in [5.74, 6) is -0.529. The van der Waals surface area contributed by atoms with Gasteiger partial charge in [0.1, 0.15) is 17.4 Å².